The van der Waals surface area contributed by atoms with Crippen molar-refractivity contribution in [3.8, 4) is 0 Å². The zero-order valence-electron chi connectivity index (χ0n) is 9.92. The van der Waals surface area contributed by atoms with Gasteiger partial charge in [0.2, 0.25) is 0 Å². The molecule has 1 aromatic heterocycles. The summed E-state index contributed by atoms with van der Waals surface area (Å²) >= 11 is 0. The second-order valence-electron chi connectivity index (χ2n) is 4.99. The van der Waals surface area contributed by atoms with Crippen LogP contribution in [0, 0.1) is 0 Å². The average Bonchev–Trinajstić information content (AvgIpc) is 2.31. The molecule has 3 heteroatoms. The van der Waals surface area contributed by atoms with Gasteiger partial charge in [-0.2, -0.15) is 0 Å². The van der Waals surface area contributed by atoms with E-state index in [2.05, 4.69) is 11.9 Å². The van der Waals surface area contributed by atoms with E-state index in [0.29, 0.717) is 0 Å². The number of nitrogens with two attached hydrogens (primary N) is 1. The molecule has 86 valence electrons. The van der Waals surface area contributed by atoms with Crippen molar-refractivity contribution in [2.75, 3.05) is 24.2 Å². The van der Waals surface area contributed by atoms with Gasteiger partial charge < -0.3 is 10.6 Å². The number of pyridine rings is 1. The maximum atomic E-state index is 6.32. The van der Waals surface area contributed by atoms with Crippen LogP contribution in [0.3, 0.4) is 0 Å². The molecule has 2 heterocycles. The fourth-order valence-electron chi connectivity index (χ4n) is 2.96. The van der Waals surface area contributed by atoms with Crippen LogP contribution in [0.2, 0.25) is 0 Å². The van der Waals surface area contributed by atoms with Crippen LogP contribution in [0.15, 0.2) is 0 Å². The van der Waals surface area contributed by atoms with Gasteiger partial charge in [0.1, 0.15) is 5.82 Å². The second kappa shape index (κ2) is 3.65. The van der Waals surface area contributed by atoms with Gasteiger partial charge in [0.05, 0.1) is 0 Å². The number of aromatic nitrogens is 1. The number of hydrogen-bond donors (Lipinski definition) is 1. The van der Waals surface area contributed by atoms with Crippen LogP contribution in [0.1, 0.15) is 36.1 Å². The molecule has 0 saturated heterocycles. The van der Waals surface area contributed by atoms with E-state index in [0.717, 1.165) is 37.3 Å². The molecule has 0 fully saturated rings. The number of anilines is 2. The Bertz CT molecular complexity index is 426. The molecule has 0 unspecified atom stereocenters. The van der Waals surface area contributed by atoms with Crippen molar-refractivity contribution in [3.05, 3.63) is 16.8 Å². The molecule has 0 aromatic carbocycles. The third-order valence-electron chi connectivity index (χ3n) is 3.88. The Kier molecular flexibility index (Phi) is 2.27. The van der Waals surface area contributed by atoms with Crippen LogP contribution < -0.4 is 10.6 Å². The van der Waals surface area contributed by atoms with Gasteiger partial charge in [-0.1, -0.05) is 0 Å². The number of nitrogen functional groups attached to an aromatic ring is 1. The van der Waals surface area contributed by atoms with Crippen molar-refractivity contribution in [2.45, 2.75) is 38.5 Å². The van der Waals surface area contributed by atoms with Gasteiger partial charge in [-0.25, -0.2) is 4.98 Å². The molecule has 16 heavy (non-hydrogen) atoms. The van der Waals surface area contributed by atoms with Gasteiger partial charge in [0.15, 0.2) is 0 Å². The van der Waals surface area contributed by atoms with Gasteiger partial charge in [0.25, 0.3) is 0 Å². The summed E-state index contributed by atoms with van der Waals surface area (Å²) in [7, 11) is 2.12. The lowest BCUT2D eigenvalue weighted by Crippen LogP contribution is -2.28. The monoisotopic (exact) mass is 217 g/mol. The van der Waals surface area contributed by atoms with Crippen molar-refractivity contribution in [3.63, 3.8) is 0 Å². The maximum Gasteiger partial charge on any atom is 0.133 e. The first kappa shape index (κ1) is 9.94. The molecule has 0 atom stereocenters. The normalized spacial score (nSPS) is 19.2. The summed E-state index contributed by atoms with van der Waals surface area (Å²) in [4.78, 5) is 7.10. The molecule has 0 bridgehead atoms. The minimum Gasteiger partial charge on any atom is -0.398 e. The van der Waals surface area contributed by atoms with Crippen LogP contribution in [0.4, 0.5) is 11.5 Å². The first-order valence-corrected chi connectivity index (χ1v) is 6.28. The van der Waals surface area contributed by atoms with E-state index in [4.69, 9.17) is 10.7 Å². The van der Waals surface area contributed by atoms with E-state index in [1.165, 1.54) is 36.1 Å². The van der Waals surface area contributed by atoms with E-state index in [1.807, 2.05) is 0 Å². The van der Waals surface area contributed by atoms with Crippen molar-refractivity contribution in [2.24, 2.45) is 0 Å². The number of aryl methyl sites for hydroxylation is 1. The summed E-state index contributed by atoms with van der Waals surface area (Å²) in [6, 6.07) is 0. The Morgan fingerprint density at radius 1 is 1.06 bits per heavy atom. The van der Waals surface area contributed by atoms with Crippen LogP contribution in [0.25, 0.3) is 0 Å². The highest BCUT2D eigenvalue weighted by Crippen LogP contribution is 2.35. The lowest BCUT2D eigenvalue weighted by molar-refractivity contribution is 0.655. The Balaban J connectivity index is 2.17. The quantitative estimate of drug-likeness (QED) is 0.722. The van der Waals surface area contributed by atoms with Gasteiger partial charge in [-0.15, -0.1) is 0 Å². The zero-order valence-corrected chi connectivity index (χ0v) is 9.92. The summed E-state index contributed by atoms with van der Waals surface area (Å²) in [6.45, 7) is 1.11. The minimum absolute atomic E-state index is 1.05. The number of hydrogen-bond acceptors (Lipinski definition) is 3. The Hall–Kier alpha value is -1.25. The number of fused-ring (bicyclic) bond motifs is 2. The molecule has 0 amide bonds. The topological polar surface area (TPSA) is 42.2 Å². The van der Waals surface area contributed by atoms with Crippen molar-refractivity contribution >= 4 is 11.5 Å². The Morgan fingerprint density at radius 2 is 1.81 bits per heavy atom. The fourth-order valence-corrected chi connectivity index (χ4v) is 2.96. The first-order chi connectivity index (χ1) is 7.77. The van der Waals surface area contributed by atoms with Crippen molar-refractivity contribution in [1.29, 1.82) is 0 Å². The summed E-state index contributed by atoms with van der Waals surface area (Å²) in [5.41, 5.74) is 11.3. The average molecular weight is 217 g/mol. The Morgan fingerprint density at radius 3 is 2.69 bits per heavy atom. The highest BCUT2D eigenvalue weighted by molar-refractivity contribution is 5.67. The van der Waals surface area contributed by atoms with E-state index in [9.17, 15) is 0 Å². The van der Waals surface area contributed by atoms with Gasteiger partial charge in [0, 0.05) is 30.5 Å². The lowest BCUT2D eigenvalue weighted by Gasteiger charge is -2.30. The molecule has 1 aromatic rings. The smallest absolute Gasteiger partial charge is 0.133 e. The predicted octanol–water partition coefficient (Wildman–Crippen LogP) is 1.93. The second-order valence-corrected chi connectivity index (χ2v) is 4.99. The van der Waals surface area contributed by atoms with Crippen LogP contribution in [-0.2, 0) is 19.3 Å². The molecule has 2 N–H and O–H groups in total. The third-order valence-corrected chi connectivity index (χ3v) is 3.88. The van der Waals surface area contributed by atoms with E-state index >= 15 is 0 Å². The molecule has 0 spiro atoms. The maximum absolute atomic E-state index is 6.32. The molecular weight excluding hydrogens is 198 g/mol. The van der Waals surface area contributed by atoms with Crippen molar-refractivity contribution in [1.82, 2.24) is 4.98 Å². The van der Waals surface area contributed by atoms with Gasteiger partial charge >= 0.3 is 0 Å². The highest BCUT2D eigenvalue weighted by Gasteiger charge is 2.23. The van der Waals surface area contributed by atoms with E-state index in [1.54, 1.807) is 0 Å². The SMILES string of the molecule is CN1CCCc2c1nc1c(c2N)CCCC1. The summed E-state index contributed by atoms with van der Waals surface area (Å²) < 4.78 is 0. The van der Waals surface area contributed by atoms with Crippen LogP contribution >= 0.6 is 0 Å². The fraction of sp³-hybridized carbons (Fsp3) is 0.615. The molecule has 1 aliphatic carbocycles. The number of nitrogens with zero attached hydrogens (tertiary/aromatic N) is 2. The standard InChI is InChI=1S/C13H19N3/c1-16-8-4-6-10-12(14)9-5-2-3-7-11(9)15-13(10)16/h2-8H2,1H3,(H2,14,15). The summed E-state index contributed by atoms with van der Waals surface area (Å²) in [5, 5.41) is 0. The molecular formula is C13H19N3. The molecule has 3 nitrogen and oxygen atoms in total. The molecule has 0 saturated carbocycles. The minimum atomic E-state index is 1.05. The zero-order chi connectivity index (χ0) is 11.1. The molecule has 1 aliphatic heterocycles. The predicted molar refractivity (Wildman–Crippen MR) is 66.9 cm³/mol. The van der Waals surface area contributed by atoms with Crippen LogP contribution in [-0.4, -0.2) is 18.6 Å². The Labute approximate surface area is 96.7 Å². The van der Waals surface area contributed by atoms with E-state index < -0.39 is 0 Å². The molecule has 3 rings (SSSR count). The largest absolute Gasteiger partial charge is 0.398 e. The third kappa shape index (κ3) is 1.38. The highest BCUT2D eigenvalue weighted by atomic mass is 15.2. The van der Waals surface area contributed by atoms with Crippen molar-refractivity contribution < 1.29 is 0 Å². The molecule has 2 aliphatic rings. The summed E-state index contributed by atoms with van der Waals surface area (Å²) in [6.07, 6.45) is 7.08. The van der Waals surface area contributed by atoms with Crippen LogP contribution in [0.5, 0.6) is 0 Å². The van der Waals surface area contributed by atoms with E-state index in [-0.39, 0.29) is 0 Å². The summed E-state index contributed by atoms with van der Waals surface area (Å²) in [5.74, 6) is 1.14. The first-order valence-electron chi connectivity index (χ1n) is 6.28. The molecule has 0 radical (unpaired) electrons. The lowest BCUT2D eigenvalue weighted by atomic mass is 9.91. The van der Waals surface area contributed by atoms with Gasteiger partial charge in [-0.05, 0) is 44.1 Å². The van der Waals surface area contributed by atoms with Gasteiger partial charge in [-0.3, -0.25) is 0 Å². The number of rotatable bonds is 0.